The second kappa shape index (κ2) is 7.60. The summed E-state index contributed by atoms with van der Waals surface area (Å²) in [5.74, 6) is 0. The lowest BCUT2D eigenvalue weighted by molar-refractivity contribution is 0.181. The highest BCUT2D eigenvalue weighted by atomic mass is 32.1. The van der Waals surface area contributed by atoms with Crippen molar-refractivity contribution in [2.75, 3.05) is 32.7 Å². The SMILES string of the molecule is CCCN1CCN(C(=S)NC(C)c2ccccc2)CC1. The molecule has 1 N–H and O–H groups in total. The molecule has 20 heavy (non-hydrogen) atoms. The summed E-state index contributed by atoms with van der Waals surface area (Å²) >= 11 is 5.55. The maximum Gasteiger partial charge on any atom is 0.169 e. The highest BCUT2D eigenvalue weighted by Crippen LogP contribution is 2.12. The predicted octanol–water partition coefficient (Wildman–Crippen LogP) is 2.65. The Hall–Kier alpha value is -1.13. The summed E-state index contributed by atoms with van der Waals surface area (Å²) in [6.45, 7) is 9.91. The average Bonchev–Trinajstić information content (AvgIpc) is 2.49. The van der Waals surface area contributed by atoms with Crippen molar-refractivity contribution >= 4 is 17.3 Å². The lowest BCUT2D eigenvalue weighted by atomic mass is 10.1. The molecule has 1 aliphatic heterocycles. The molecule has 0 aliphatic carbocycles. The van der Waals surface area contributed by atoms with E-state index in [0.29, 0.717) is 0 Å². The molecule has 1 aromatic rings. The third-order valence-corrected chi connectivity index (χ3v) is 4.21. The van der Waals surface area contributed by atoms with Crippen LogP contribution in [0.25, 0.3) is 0 Å². The van der Waals surface area contributed by atoms with Gasteiger partial charge < -0.3 is 10.2 Å². The van der Waals surface area contributed by atoms with Gasteiger partial charge in [0, 0.05) is 26.2 Å². The van der Waals surface area contributed by atoms with E-state index in [1.165, 1.54) is 18.5 Å². The standard InChI is InChI=1S/C16H25N3S/c1-3-9-18-10-12-19(13-11-18)16(20)17-14(2)15-7-5-4-6-8-15/h4-8,14H,3,9-13H2,1-2H3,(H,17,20). The summed E-state index contributed by atoms with van der Waals surface area (Å²) < 4.78 is 0. The lowest BCUT2D eigenvalue weighted by Gasteiger charge is -2.36. The van der Waals surface area contributed by atoms with Gasteiger partial charge >= 0.3 is 0 Å². The molecule has 1 atom stereocenters. The van der Waals surface area contributed by atoms with E-state index in [9.17, 15) is 0 Å². The maximum atomic E-state index is 5.55. The van der Waals surface area contributed by atoms with Gasteiger partial charge in [0.1, 0.15) is 0 Å². The van der Waals surface area contributed by atoms with Crippen molar-refractivity contribution in [1.82, 2.24) is 15.1 Å². The van der Waals surface area contributed by atoms with Crippen LogP contribution in [0, 0.1) is 0 Å². The molecule has 1 fully saturated rings. The lowest BCUT2D eigenvalue weighted by Crippen LogP contribution is -2.52. The number of thiocarbonyl (C=S) groups is 1. The van der Waals surface area contributed by atoms with E-state index in [0.717, 1.165) is 31.3 Å². The topological polar surface area (TPSA) is 18.5 Å². The molecule has 1 aliphatic rings. The van der Waals surface area contributed by atoms with Crippen molar-refractivity contribution in [1.29, 1.82) is 0 Å². The minimum absolute atomic E-state index is 0.261. The van der Waals surface area contributed by atoms with Gasteiger partial charge in [0.05, 0.1) is 6.04 Å². The fourth-order valence-corrected chi connectivity index (χ4v) is 2.95. The van der Waals surface area contributed by atoms with Crippen molar-refractivity contribution in [3.8, 4) is 0 Å². The Morgan fingerprint density at radius 1 is 1.20 bits per heavy atom. The minimum Gasteiger partial charge on any atom is -0.356 e. The van der Waals surface area contributed by atoms with Crippen LogP contribution in [0.15, 0.2) is 30.3 Å². The zero-order valence-corrected chi connectivity index (χ0v) is 13.3. The Morgan fingerprint density at radius 3 is 2.45 bits per heavy atom. The quantitative estimate of drug-likeness (QED) is 0.859. The molecule has 110 valence electrons. The number of hydrogen-bond donors (Lipinski definition) is 1. The number of benzene rings is 1. The number of rotatable bonds is 4. The smallest absolute Gasteiger partial charge is 0.169 e. The molecule has 1 aromatic carbocycles. The first-order valence-corrected chi connectivity index (χ1v) is 7.94. The second-order valence-electron chi connectivity index (χ2n) is 5.41. The van der Waals surface area contributed by atoms with E-state index in [2.05, 4.69) is 53.2 Å². The van der Waals surface area contributed by atoms with Crippen molar-refractivity contribution in [3.05, 3.63) is 35.9 Å². The van der Waals surface area contributed by atoms with Gasteiger partial charge in [0.25, 0.3) is 0 Å². The van der Waals surface area contributed by atoms with E-state index in [4.69, 9.17) is 12.2 Å². The van der Waals surface area contributed by atoms with Gasteiger partial charge in [-0.2, -0.15) is 0 Å². The largest absolute Gasteiger partial charge is 0.356 e. The summed E-state index contributed by atoms with van der Waals surface area (Å²) in [5.41, 5.74) is 1.28. The molecule has 4 heteroatoms. The van der Waals surface area contributed by atoms with Crippen LogP contribution >= 0.6 is 12.2 Å². The molecule has 0 bridgehead atoms. The zero-order chi connectivity index (χ0) is 14.4. The summed E-state index contributed by atoms with van der Waals surface area (Å²) in [4.78, 5) is 4.81. The fourth-order valence-electron chi connectivity index (χ4n) is 2.59. The molecule has 0 aromatic heterocycles. The molecule has 2 rings (SSSR count). The van der Waals surface area contributed by atoms with E-state index in [1.54, 1.807) is 0 Å². The summed E-state index contributed by atoms with van der Waals surface area (Å²) in [6, 6.07) is 10.7. The molecule has 1 heterocycles. The van der Waals surface area contributed by atoms with Gasteiger partial charge in [-0.3, -0.25) is 4.90 Å². The first kappa shape index (κ1) is 15.3. The first-order chi connectivity index (χ1) is 9.70. The van der Waals surface area contributed by atoms with Crippen LogP contribution in [-0.2, 0) is 0 Å². The monoisotopic (exact) mass is 291 g/mol. The van der Waals surface area contributed by atoms with Gasteiger partial charge in [0.2, 0.25) is 0 Å². The van der Waals surface area contributed by atoms with Gasteiger partial charge in [-0.1, -0.05) is 37.3 Å². The second-order valence-corrected chi connectivity index (χ2v) is 5.80. The number of piperazine rings is 1. The van der Waals surface area contributed by atoms with E-state index in [-0.39, 0.29) is 6.04 Å². The summed E-state index contributed by atoms with van der Waals surface area (Å²) in [5, 5.41) is 4.34. The van der Waals surface area contributed by atoms with Crippen molar-refractivity contribution < 1.29 is 0 Å². The Balaban J connectivity index is 1.81. The highest BCUT2D eigenvalue weighted by Gasteiger charge is 2.19. The van der Waals surface area contributed by atoms with E-state index in [1.807, 2.05) is 6.07 Å². The van der Waals surface area contributed by atoms with Gasteiger partial charge in [-0.05, 0) is 37.7 Å². The maximum absolute atomic E-state index is 5.55. The minimum atomic E-state index is 0.261. The molecule has 0 saturated carbocycles. The van der Waals surface area contributed by atoms with Crippen molar-refractivity contribution in [3.63, 3.8) is 0 Å². The highest BCUT2D eigenvalue weighted by molar-refractivity contribution is 7.80. The third-order valence-electron chi connectivity index (χ3n) is 3.84. The van der Waals surface area contributed by atoms with Crippen LogP contribution in [-0.4, -0.2) is 47.6 Å². The van der Waals surface area contributed by atoms with Gasteiger partial charge in [0.15, 0.2) is 5.11 Å². The van der Waals surface area contributed by atoms with E-state index < -0.39 is 0 Å². The van der Waals surface area contributed by atoms with Crippen LogP contribution in [0.5, 0.6) is 0 Å². The Bertz CT molecular complexity index is 413. The van der Waals surface area contributed by atoms with Crippen LogP contribution < -0.4 is 5.32 Å². The van der Waals surface area contributed by atoms with Gasteiger partial charge in [-0.15, -0.1) is 0 Å². The third kappa shape index (κ3) is 4.18. The van der Waals surface area contributed by atoms with Crippen LogP contribution in [0.4, 0.5) is 0 Å². The molecule has 0 amide bonds. The molecule has 1 saturated heterocycles. The predicted molar refractivity (Wildman–Crippen MR) is 88.9 cm³/mol. The zero-order valence-electron chi connectivity index (χ0n) is 12.5. The van der Waals surface area contributed by atoms with Gasteiger partial charge in [-0.25, -0.2) is 0 Å². The van der Waals surface area contributed by atoms with Crippen LogP contribution in [0.1, 0.15) is 31.9 Å². The molecule has 3 nitrogen and oxygen atoms in total. The molecule has 0 radical (unpaired) electrons. The molecule has 0 spiro atoms. The Morgan fingerprint density at radius 2 is 1.85 bits per heavy atom. The number of hydrogen-bond acceptors (Lipinski definition) is 2. The van der Waals surface area contributed by atoms with Crippen LogP contribution in [0.3, 0.4) is 0 Å². The number of nitrogens with one attached hydrogen (secondary N) is 1. The van der Waals surface area contributed by atoms with Crippen molar-refractivity contribution in [2.24, 2.45) is 0 Å². The Labute approximate surface area is 128 Å². The molecular formula is C16H25N3S. The summed E-state index contributed by atoms with van der Waals surface area (Å²) in [7, 11) is 0. The van der Waals surface area contributed by atoms with E-state index >= 15 is 0 Å². The molecule has 1 unspecified atom stereocenters. The average molecular weight is 291 g/mol. The Kier molecular flexibility index (Phi) is 5.80. The first-order valence-electron chi connectivity index (χ1n) is 7.53. The normalized spacial score (nSPS) is 17.8. The van der Waals surface area contributed by atoms with Crippen molar-refractivity contribution in [2.45, 2.75) is 26.3 Å². The van der Waals surface area contributed by atoms with Crippen LogP contribution in [0.2, 0.25) is 0 Å². The molecular weight excluding hydrogens is 266 g/mol. The fraction of sp³-hybridized carbons (Fsp3) is 0.562. The number of nitrogens with zero attached hydrogens (tertiary/aromatic N) is 2. The summed E-state index contributed by atoms with van der Waals surface area (Å²) in [6.07, 6.45) is 1.23.